The maximum absolute atomic E-state index is 6.13. The maximum atomic E-state index is 6.13. The average Bonchev–Trinajstić information content (AvgIpc) is 3.95. The number of hydrogen-bond donors (Lipinski definition) is 0. The van der Waals surface area contributed by atoms with E-state index < -0.39 is 5.41 Å². The summed E-state index contributed by atoms with van der Waals surface area (Å²) < 4.78 is 0. The van der Waals surface area contributed by atoms with Crippen LogP contribution in [0.5, 0.6) is 0 Å². The van der Waals surface area contributed by atoms with E-state index >= 15 is 0 Å². The molecular weight excluding hydrogens is 864 g/mol. The number of hydrogen-bond acceptors (Lipinski definition) is 2. The molecular formula is C60H52B9NS. The van der Waals surface area contributed by atoms with E-state index in [4.69, 9.17) is 6.42 Å². The summed E-state index contributed by atoms with van der Waals surface area (Å²) in [6.07, 6.45) is 6.90. The van der Waals surface area contributed by atoms with Gasteiger partial charge in [-0.05, 0) is 104 Å². The van der Waals surface area contributed by atoms with Crippen molar-refractivity contribution >= 4 is 126 Å². The fourth-order valence-electron chi connectivity index (χ4n) is 11.3. The standard InChI is InChI=1S/C60H52B9NS/c1-2-46(61)51(63)52(64)47(62)34-60(50-53(65)55(67)57(69)56(68)54(50)66)45-33-43(30-31-44(45)48-49(60)59(39-22-13-6-14-23-39)71-58(48)38-20-11-5-12-21-38)70(41-28-26-37(27-29-41)35-16-7-3-8-17-35)42-25-15-24-40(32-42)36-18-9-4-10-19-36/h1,3-33H,34,61-69H2/b51-46-,52-47-. The summed E-state index contributed by atoms with van der Waals surface area (Å²) in [5.74, 6) is 2.98. The molecule has 1 aliphatic carbocycles. The second-order valence-electron chi connectivity index (χ2n) is 19.5. The van der Waals surface area contributed by atoms with Gasteiger partial charge in [0.1, 0.15) is 70.6 Å². The first-order chi connectivity index (χ1) is 34.4. The van der Waals surface area contributed by atoms with Gasteiger partial charge in [0.25, 0.3) is 0 Å². The molecule has 71 heavy (non-hydrogen) atoms. The maximum Gasteiger partial charge on any atom is 0.149 e. The zero-order chi connectivity index (χ0) is 49.6. The quantitative estimate of drug-likeness (QED) is 0.109. The van der Waals surface area contributed by atoms with Crippen LogP contribution in [-0.4, -0.2) is 70.6 Å². The number of nitrogens with zero attached hydrogens (tertiary/aromatic N) is 1. The Morgan fingerprint density at radius 2 is 0.915 bits per heavy atom. The Morgan fingerprint density at radius 3 is 1.48 bits per heavy atom. The lowest BCUT2D eigenvalue weighted by Gasteiger charge is -2.40. The van der Waals surface area contributed by atoms with Crippen molar-refractivity contribution in [3.05, 3.63) is 227 Å². The zero-order valence-electron chi connectivity index (χ0n) is 42.5. The van der Waals surface area contributed by atoms with Crippen molar-refractivity contribution in [2.75, 3.05) is 4.90 Å². The minimum atomic E-state index is -0.614. The van der Waals surface area contributed by atoms with Crippen LogP contribution in [0.2, 0.25) is 0 Å². The van der Waals surface area contributed by atoms with Crippen molar-refractivity contribution in [2.45, 2.75) is 11.8 Å². The van der Waals surface area contributed by atoms with Gasteiger partial charge in [-0.15, -0.1) is 45.1 Å². The molecule has 10 rings (SSSR count). The van der Waals surface area contributed by atoms with Gasteiger partial charge in [0.05, 0.1) is 0 Å². The smallest absolute Gasteiger partial charge is 0.149 e. The Kier molecular flexibility index (Phi) is 13.1. The van der Waals surface area contributed by atoms with E-state index in [9.17, 15) is 0 Å². The number of terminal acetylenes is 1. The second-order valence-corrected chi connectivity index (χ2v) is 20.5. The van der Waals surface area contributed by atoms with Crippen LogP contribution in [0.25, 0.3) is 54.3 Å². The highest BCUT2D eigenvalue weighted by Gasteiger charge is 2.50. The molecule has 0 bridgehead atoms. The predicted octanol–water partition coefficient (Wildman–Crippen LogP) is 3.47. The number of benzene rings is 8. The first-order valence-electron chi connectivity index (χ1n) is 24.8. The lowest BCUT2D eigenvalue weighted by atomic mass is 9.52. The average molecular weight is 916 g/mol. The molecule has 330 valence electrons. The van der Waals surface area contributed by atoms with Crippen LogP contribution in [0.15, 0.2) is 210 Å². The summed E-state index contributed by atoms with van der Waals surface area (Å²) in [6, 6.07) is 69.1. The van der Waals surface area contributed by atoms with Crippen LogP contribution < -0.4 is 32.2 Å². The normalized spacial score (nSPS) is 14.4. The highest BCUT2D eigenvalue weighted by molar-refractivity contribution is 7.19. The molecule has 11 heteroatoms. The molecule has 0 aliphatic heterocycles. The molecule has 9 aromatic rings. The van der Waals surface area contributed by atoms with E-state index in [0.29, 0.717) is 0 Å². The fourth-order valence-corrected chi connectivity index (χ4v) is 12.7. The lowest BCUT2D eigenvalue weighted by molar-refractivity contribution is 0.650. The van der Waals surface area contributed by atoms with Crippen molar-refractivity contribution in [3.63, 3.8) is 0 Å². The summed E-state index contributed by atoms with van der Waals surface area (Å²) in [5.41, 5.74) is 28.1. The van der Waals surface area contributed by atoms with E-state index in [1.54, 1.807) is 0 Å². The summed E-state index contributed by atoms with van der Waals surface area (Å²) in [7, 11) is 20.6. The van der Waals surface area contributed by atoms with Crippen molar-refractivity contribution in [1.82, 2.24) is 0 Å². The van der Waals surface area contributed by atoms with Gasteiger partial charge in [-0.3, -0.25) is 0 Å². The number of rotatable bonds is 11. The molecule has 1 nitrogen and oxygen atoms in total. The minimum Gasteiger partial charge on any atom is -0.310 e. The SMILES string of the molecule is B/C(C#C)=C(B)/C(B)=C(/B)CC1(c2c(B)c(B)c(B)c(B)c2B)c2cc(N(c3ccc(-c4ccccc4)cc3)c3cccc(-c4ccccc4)c3)ccc2-c2c(-c3ccccc3)sc(-c3ccccc3)c21. The Morgan fingerprint density at radius 1 is 0.451 bits per heavy atom. The van der Waals surface area contributed by atoms with Crippen LogP contribution >= 0.6 is 11.3 Å². The molecule has 8 aromatic carbocycles. The van der Waals surface area contributed by atoms with E-state index in [0.717, 1.165) is 29.0 Å². The first-order valence-corrected chi connectivity index (χ1v) is 25.7. The molecule has 0 fully saturated rings. The number of allylic oxidation sites excluding steroid dienone is 4. The van der Waals surface area contributed by atoms with Gasteiger partial charge >= 0.3 is 0 Å². The Bertz CT molecular complexity index is 3570. The fraction of sp³-hybridized carbons (Fsp3) is 0.0333. The number of thiophene rings is 1. The van der Waals surface area contributed by atoms with Gasteiger partial charge in [0.15, 0.2) is 0 Å². The van der Waals surface area contributed by atoms with Gasteiger partial charge in [-0.25, -0.2) is 0 Å². The highest BCUT2D eigenvalue weighted by Crippen LogP contribution is 2.63. The van der Waals surface area contributed by atoms with E-state index in [1.165, 1.54) is 115 Å². The topological polar surface area (TPSA) is 3.24 Å². The predicted molar refractivity (Wildman–Crippen MR) is 335 cm³/mol. The molecule has 0 amide bonds. The Balaban J connectivity index is 1.34. The molecule has 0 N–H and O–H groups in total. The van der Waals surface area contributed by atoms with E-state index in [2.05, 4.69) is 269 Å². The van der Waals surface area contributed by atoms with Crippen LogP contribution in [0.1, 0.15) is 23.1 Å². The number of fused-ring (bicyclic) bond motifs is 3. The summed E-state index contributed by atoms with van der Waals surface area (Å²) in [6.45, 7) is 0. The molecule has 1 aromatic heterocycles. The number of anilines is 3. The van der Waals surface area contributed by atoms with Crippen molar-refractivity contribution in [2.24, 2.45) is 0 Å². The molecule has 1 aliphatic rings. The molecule has 0 radical (unpaired) electrons. The van der Waals surface area contributed by atoms with Crippen LogP contribution in [0.4, 0.5) is 17.1 Å². The monoisotopic (exact) mass is 917 g/mol. The molecule has 0 saturated carbocycles. The van der Waals surface area contributed by atoms with Gasteiger partial charge in [0.2, 0.25) is 0 Å². The van der Waals surface area contributed by atoms with E-state index in [1.807, 2.05) is 11.3 Å². The van der Waals surface area contributed by atoms with Gasteiger partial charge in [-0.2, -0.15) is 0 Å². The Hall–Kier alpha value is -7.12. The third kappa shape index (κ3) is 8.37. The van der Waals surface area contributed by atoms with Crippen LogP contribution in [-0.2, 0) is 5.41 Å². The molecule has 1 atom stereocenters. The zero-order valence-corrected chi connectivity index (χ0v) is 43.4. The molecule has 0 spiro atoms. The van der Waals surface area contributed by atoms with Gasteiger partial charge in [0, 0.05) is 37.8 Å². The van der Waals surface area contributed by atoms with E-state index in [-0.39, 0.29) is 0 Å². The van der Waals surface area contributed by atoms with Crippen LogP contribution in [0, 0.1) is 12.3 Å². The van der Waals surface area contributed by atoms with Gasteiger partial charge < -0.3 is 4.90 Å². The first kappa shape index (κ1) is 47.6. The van der Waals surface area contributed by atoms with Crippen molar-refractivity contribution in [1.29, 1.82) is 0 Å². The minimum absolute atomic E-state index is 0.614. The summed E-state index contributed by atoms with van der Waals surface area (Å²) in [4.78, 5) is 5.08. The third-order valence-corrected chi connectivity index (χ3v) is 17.1. The largest absolute Gasteiger partial charge is 0.310 e. The van der Waals surface area contributed by atoms with Crippen molar-refractivity contribution in [3.8, 4) is 66.6 Å². The van der Waals surface area contributed by atoms with Gasteiger partial charge in [-0.1, -0.05) is 174 Å². The molecule has 1 unspecified atom stereocenters. The second kappa shape index (κ2) is 19.6. The lowest BCUT2D eigenvalue weighted by Crippen LogP contribution is -2.59. The third-order valence-electron chi connectivity index (χ3n) is 15.8. The van der Waals surface area contributed by atoms with Crippen molar-refractivity contribution < 1.29 is 0 Å². The van der Waals surface area contributed by atoms with Crippen LogP contribution in [0.3, 0.4) is 0 Å². The molecule has 0 saturated heterocycles. The summed E-state index contributed by atoms with van der Waals surface area (Å²) in [5, 5.41) is 0. The molecule has 1 heterocycles. The Labute approximate surface area is 433 Å². The summed E-state index contributed by atoms with van der Waals surface area (Å²) >= 11 is 1.94. The highest BCUT2D eigenvalue weighted by atomic mass is 32.1.